The highest BCUT2D eigenvalue weighted by atomic mass is 35.5. The number of anilines is 1. The molecule has 2 aromatic rings. The van der Waals surface area contributed by atoms with Gasteiger partial charge >= 0.3 is 0 Å². The Labute approximate surface area is 172 Å². The smallest absolute Gasteiger partial charge is 0.244 e. The van der Waals surface area contributed by atoms with E-state index in [-0.39, 0.29) is 11.9 Å². The van der Waals surface area contributed by atoms with Crippen molar-refractivity contribution < 1.29 is 13.2 Å². The van der Waals surface area contributed by atoms with Crippen LogP contribution in [0, 0.1) is 6.92 Å². The largest absolute Gasteiger partial charge is 0.347 e. The Morgan fingerprint density at radius 1 is 1.04 bits per heavy atom. The van der Waals surface area contributed by atoms with Gasteiger partial charge in [-0.05, 0) is 49.6 Å². The molecule has 1 amide bonds. The fourth-order valence-electron chi connectivity index (χ4n) is 3.14. The number of nitrogens with one attached hydrogen (secondary N) is 1. The molecule has 0 aliphatic heterocycles. The second kappa shape index (κ2) is 9.43. The summed E-state index contributed by atoms with van der Waals surface area (Å²) in [6.07, 6.45) is 2.14. The molecular formula is C21H27ClN2O3S. The van der Waals surface area contributed by atoms with Crippen molar-refractivity contribution >= 4 is 33.2 Å². The Balaban J connectivity index is 2.32. The van der Waals surface area contributed by atoms with Crippen LogP contribution >= 0.6 is 11.6 Å². The molecular weight excluding hydrogens is 396 g/mol. The van der Waals surface area contributed by atoms with Gasteiger partial charge in [0.1, 0.15) is 6.04 Å². The highest BCUT2D eigenvalue weighted by Crippen LogP contribution is 2.25. The van der Waals surface area contributed by atoms with E-state index in [4.69, 9.17) is 11.6 Å². The van der Waals surface area contributed by atoms with Gasteiger partial charge in [0.25, 0.3) is 0 Å². The Kier molecular flexibility index (Phi) is 7.49. The zero-order chi connectivity index (χ0) is 20.9. The quantitative estimate of drug-likeness (QED) is 0.682. The number of rotatable bonds is 8. The molecule has 2 rings (SSSR count). The first-order valence-electron chi connectivity index (χ1n) is 9.29. The SMILES string of the molecule is CCC(NC(=O)C(CC)N(c1ccc(Cl)cc1)S(C)(=O)=O)c1ccc(C)cc1. The number of carbonyl (C=O) groups is 1. The second-order valence-corrected chi connectivity index (χ2v) is 9.14. The van der Waals surface area contributed by atoms with Crippen molar-refractivity contribution in [2.24, 2.45) is 0 Å². The maximum absolute atomic E-state index is 13.1. The molecule has 0 saturated carbocycles. The predicted molar refractivity (Wildman–Crippen MR) is 115 cm³/mol. The first-order chi connectivity index (χ1) is 13.2. The van der Waals surface area contributed by atoms with E-state index in [0.29, 0.717) is 23.6 Å². The minimum atomic E-state index is -3.67. The van der Waals surface area contributed by atoms with Gasteiger partial charge in [0.2, 0.25) is 15.9 Å². The Morgan fingerprint density at radius 2 is 1.61 bits per heavy atom. The van der Waals surface area contributed by atoms with Crippen LogP contribution in [-0.2, 0) is 14.8 Å². The third-order valence-electron chi connectivity index (χ3n) is 4.62. The molecule has 28 heavy (non-hydrogen) atoms. The molecule has 0 spiro atoms. The summed E-state index contributed by atoms with van der Waals surface area (Å²) < 4.78 is 26.2. The molecule has 0 bridgehead atoms. The molecule has 2 unspecified atom stereocenters. The molecule has 0 heterocycles. The summed E-state index contributed by atoms with van der Waals surface area (Å²) in [6, 6.07) is 13.4. The van der Waals surface area contributed by atoms with Crippen molar-refractivity contribution in [3.63, 3.8) is 0 Å². The Bertz CT molecular complexity index is 896. The van der Waals surface area contributed by atoms with Crippen LogP contribution in [0.15, 0.2) is 48.5 Å². The van der Waals surface area contributed by atoms with Crippen molar-refractivity contribution in [1.29, 1.82) is 0 Å². The number of nitrogens with zero attached hydrogens (tertiary/aromatic N) is 1. The molecule has 0 aromatic heterocycles. The van der Waals surface area contributed by atoms with Gasteiger partial charge in [-0.1, -0.05) is 55.3 Å². The third kappa shape index (κ3) is 5.49. The monoisotopic (exact) mass is 422 g/mol. The van der Waals surface area contributed by atoms with E-state index in [2.05, 4.69) is 5.32 Å². The number of amides is 1. The number of carbonyl (C=O) groups excluding carboxylic acids is 1. The highest BCUT2D eigenvalue weighted by molar-refractivity contribution is 7.92. The van der Waals surface area contributed by atoms with Gasteiger partial charge < -0.3 is 5.32 Å². The van der Waals surface area contributed by atoms with Crippen molar-refractivity contribution in [1.82, 2.24) is 5.32 Å². The number of halogens is 1. The molecule has 0 saturated heterocycles. The first kappa shape index (κ1) is 22.2. The van der Waals surface area contributed by atoms with Crippen LogP contribution < -0.4 is 9.62 Å². The molecule has 2 atom stereocenters. The fourth-order valence-corrected chi connectivity index (χ4v) is 4.47. The summed E-state index contributed by atoms with van der Waals surface area (Å²) in [5.74, 6) is -0.324. The van der Waals surface area contributed by atoms with E-state index in [1.165, 1.54) is 4.31 Å². The lowest BCUT2D eigenvalue weighted by Gasteiger charge is -2.31. The maximum atomic E-state index is 13.1. The molecule has 2 aromatic carbocycles. The molecule has 0 aliphatic rings. The number of aryl methyl sites for hydroxylation is 1. The van der Waals surface area contributed by atoms with Crippen LogP contribution in [-0.4, -0.2) is 26.6 Å². The maximum Gasteiger partial charge on any atom is 0.244 e. The zero-order valence-electron chi connectivity index (χ0n) is 16.6. The van der Waals surface area contributed by atoms with Crippen molar-refractivity contribution in [2.45, 2.75) is 45.7 Å². The van der Waals surface area contributed by atoms with Crippen LogP contribution in [0.4, 0.5) is 5.69 Å². The molecule has 7 heteroatoms. The van der Waals surface area contributed by atoms with Crippen LogP contribution in [0.5, 0.6) is 0 Å². The third-order valence-corrected chi connectivity index (χ3v) is 6.05. The zero-order valence-corrected chi connectivity index (χ0v) is 18.2. The van der Waals surface area contributed by atoms with E-state index in [1.54, 1.807) is 31.2 Å². The number of sulfonamides is 1. The Hall–Kier alpha value is -2.05. The van der Waals surface area contributed by atoms with Crippen LogP contribution in [0.25, 0.3) is 0 Å². The molecule has 0 aliphatic carbocycles. The van der Waals surface area contributed by atoms with Gasteiger partial charge in [-0.15, -0.1) is 0 Å². The second-order valence-electron chi connectivity index (χ2n) is 6.84. The number of hydrogen-bond donors (Lipinski definition) is 1. The molecule has 1 N–H and O–H groups in total. The summed E-state index contributed by atoms with van der Waals surface area (Å²) in [7, 11) is -3.67. The van der Waals surface area contributed by atoms with Crippen molar-refractivity contribution in [3.8, 4) is 0 Å². The van der Waals surface area contributed by atoms with E-state index in [9.17, 15) is 13.2 Å². The normalized spacial score (nSPS) is 13.6. The lowest BCUT2D eigenvalue weighted by Crippen LogP contribution is -2.50. The molecule has 152 valence electrons. The van der Waals surface area contributed by atoms with Crippen molar-refractivity contribution in [2.75, 3.05) is 10.6 Å². The van der Waals surface area contributed by atoms with Crippen LogP contribution in [0.3, 0.4) is 0 Å². The average Bonchev–Trinajstić information content (AvgIpc) is 2.64. The number of benzene rings is 2. The summed E-state index contributed by atoms with van der Waals surface area (Å²) in [5, 5.41) is 3.52. The van der Waals surface area contributed by atoms with Gasteiger partial charge in [0, 0.05) is 5.02 Å². The van der Waals surface area contributed by atoms with Crippen molar-refractivity contribution in [3.05, 3.63) is 64.7 Å². The fraction of sp³-hybridized carbons (Fsp3) is 0.381. The Morgan fingerprint density at radius 3 is 2.07 bits per heavy atom. The van der Waals surface area contributed by atoms with Gasteiger partial charge in [0.15, 0.2) is 0 Å². The minimum Gasteiger partial charge on any atom is -0.347 e. The summed E-state index contributed by atoms with van der Waals surface area (Å²) in [4.78, 5) is 13.1. The minimum absolute atomic E-state index is 0.186. The van der Waals surface area contributed by atoms with E-state index in [1.807, 2.05) is 38.1 Å². The number of hydrogen-bond acceptors (Lipinski definition) is 3. The summed E-state index contributed by atoms with van der Waals surface area (Å²) >= 11 is 5.93. The topological polar surface area (TPSA) is 66.5 Å². The van der Waals surface area contributed by atoms with Gasteiger partial charge in [-0.2, -0.15) is 0 Å². The average molecular weight is 423 g/mol. The van der Waals surface area contributed by atoms with E-state index < -0.39 is 16.1 Å². The van der Waals surface area contributed by atoms with Gasteiger partial charge in [-0.25, -0.2) is 8.42 Å². The van der Waals surface area contributed by atoms with E-state index >= 15 is 0 Å². The molecule has 0 radical (unpaired) electrons. The lowest BCUT2D eigenvalue weighted by molar-refractivity contribution is -0.123. The van der Waals surface area contributed by atoms with Crippen LogP contribution in [0.2, 0.25) is 5.02 Å². The summed E-state index contributed by atoms with van der Waals surface area (Å²) in [6.45, 7) is 5.79. The summed E-state index contributed by atoms with van der Waals surface area (Å²) in [5.41, 5.74) is 2.55. The predicted octanol–water partition coefficient (Wildman–Crippen LogP) is 4.46. The molecule has 0 fully saturated rings. The highest BCUT2D eigenvalue weighted by Gasteiger charge is 2.32. The first-order valence-corrected chi connectivity index (χ1v) is 11.5. The lowest BCUT2D eigenvalue weighted by atomic mass is 10.0. The standard InChI is InChI=1S/C21H27ClN2O3S/c1-5-19(16-9-7-15(3)8-10-16)23-21(25)20(6-2)24(28(4,26)27)18-13-11-17(22)12-14-18/h7-14,19-20H,5-6H2,1-4H3,(H,23,25). The van der Waals surface area contributed by atoms with Gasteiger partial charge in [-0.3, -0.25) is 9.10 Å². The molecule has 5 nitrogen and oxygen atoms in total. The van der Waals surface area contributed by atoms with Gasteiger partial charge in [0.05, 0.1) is 18.0 Å². The van der Waals surface area contributed by atoms with Crippen LogP contribution in [0.1, 0.15) is 43.9 Å². The van der Waals surface area contributed by atoms with E-state index in [0.717, 1.165) is 17.4 Å².